The summed E-state index contributed by atoms with van der Waals surface area (Å²) in [6, 6.07) is 6.23. The molecule has 1 aliphatic heterocycles. The number of aromatic nitrogens is 2. The number of halogens is 1. The molecule has 0 spiro atoms. The van der Waals surface area contributed by atoms with Crippen molar-refractivity contribution in [3.05, 3.63) is 62.7 Å². The number of hydrogen-bond acceptors (Lipinski definition) is 5. The van der Waals surface area contributed by atoms with Crippen LogP contribution >= 0.6 is 0 Å². The van der Waals surface area contributed by atoms with E-state index in [-0.39, 0.29) is 18.9 Å². The third-order valence-corrected chi connectivity index (χ3v) is 6.78. The third kappa shape index (κ3) is 4.08. The van der Waals surface area contributed by atoms with Crippen molar-refractivity contribution in [1.82, 2.24) is 18.3 Å². The molecule has 28 heavy (non-hydrogen) atoms. The fourth-order valence-electron chi connectivity index (χ4n) is 3.28. The molecule has 0 bridgehead atoms. The lowest BCUT2D eigenvalue weighted by Crippen LogP contribution is -2.43. The van der Waals surface area contributed by atoms with Gasteiger partial charge in [-0.3, -0.25) is 14.3 Å². The molecule has 0 amide bonds. The highest BCUT2D eigenvalue weighted by Crippen LogP contribution is 2.16. The van der Waals surface area contributed by atoms with Crippen LogP contribution < -0.4 is 11.2 Å². The summed E-state index contributed by atoms with van der Waals surface area (Å²) in [4.78, 5) is 25.9. The van der Waals surface area contributed by atoms with Crippen molar-refractivity contribution in [3.63, 3.8) is 0 Å². The molecule has 1 aromatic carbocycles. The normalized spacial score (nSPS) is 16.8. The fraction of sp³-hybridized carbons (Fsp3) is 0.444. The predicted molar refractivity (Wildman–Crippen MR) is 102 cm³/mol. The molecule has 1 saturated heterocycles. The molecule has 152 valence electrons. The van der Waals surface area contributed by atoms with E-state index in [0.717, 1.165) is 20.9 Å². The molecule has 2 aromatic rings. The lowest BCUT2D eigenvalue weighted by molar-refractivity contribution is 0.278. The van der Waals surface area contributed by atoms with Crippen LogP contribution in [0.4, 0.5) is 4.39 Å². The molecule has 0 saturated carbocycles. The number of hydrogen-bond donors (Lipinski definition) is 0. The van der Waals surface area contributed by atoms with Crippen LogP contribution in [0.2, 0.25) is 0 Å². The van der Waals surface area contributed by atoms with Gasteiger partial charge in [-0.1, -0.05) is 12.1 Å². The highest BCUT2D eigenvalue weighted by Gasteiger charge is 2.30. The summed E-state index contributed by atoms with van der Waals surface area (Å²) < 4.78 is 42.3. The zero-order chi connectivity index (χ0) is 20.5. The van der Waals surface area contributed by atoms with Crippen LogP contribution in [0.25, 0.3) is 0 Å². The lowest BCUT2D eigenvalue weighted by atomic mass is 10.2. The second-order valence-electron chi connectivity index (χ2n) is 6.91. The van der Waals surface area contributed by atoms with Crippen molar-refractivity contribution in [2.24, 2.45) is 14.1 Å². The molecule has 2 heterocycles. The van der Waals surface area contributed by atoms with E-state index in [9.17, 15) is 22.4 Å². The van der Waals surface area contributed by atoms with Crippen LogP contribution in [0.3, 0.4) is 0 Å². The summed E-state index contributed by atoms with van der Waals surface area (Å²) in [6.07, 6.45) is 1.69. The van der Waals surface area contributed by atoms with Gasteiger partial charge in [0.2, 0.25) is 10.0 Å². The van der Waals surface area contributed by atoms with E-state index in [1.165, 1.54) is 30.5 Å². The Morgan fingerprint density at radius 1 is 1.00 bits per heavy atom. The number of rotatable bonds is 4. The Labute approximate surface area is 162 Å². The van der Waals surface area contributed by atoms with E-state index in [1.807, 2.05) is 0 Å². The van der Waals surface area contributed by atoms with Gasteiger partial charge in [0.15, 0.2) is 4.90 Å². The van der Waals surface area contributed by atoms with Gasteiger partial charge in [0.25, 0.3) is 5.56 Å². The average molecular weight is 410 g/mol. The Kier molecular flexibility index (Phi) is 5.82. The van der Waals surface area contributed by atoms with E-state index in [0.29, 0.717) is 26.1 Å². The van der Waals surface area contributed by atoms with Gasteiger partial charge in [-0.05, 0) is 30.7 Å². The highest BCUT2D eigenvalue weighted by atomic mass is 32.2. The predicted octanol–water partition coefficient (Wildman–Crippen LogP) is 0.120. The van der Waals surface area contributed by atoms with Crippen LogP contribution in [-0.2, 0) is 30.7 Å². The minimum atomic E-state index is -4.02. The quantitative estimate of drug-likeness (QED) is 0.715. The summed E-state index contributed by atoms with van der Waals surface area (Å²) >= 11 is 0. The van der Waals surface area contributed by atoms with Gasteiger partial charge in [-0.25, -0.2) is 17.6 Å². The molecule has 0 atom stereocenters. The maximum atomic E-state index is 13.1. The molecular weight excluding hydrogens is 387 g/mol. The largest absolute Gasteiger partial charge is 0.330 e. The van der Waals surface area contributed by atoms with Gasteiger partial charge in [-0.15, -0.1) is 0 Å². The summed E-state index contributed by atoms with van der Waals surface area (Å²) in [5.74, 6) is -0.296. The molecule has 0 unspecified atom stereocenters. The monoisotopic (exact) mass is 410 g/mol. The van der Waals surface area contributed by atoms with Gasteiger partial charge in [0.05, 0.1) is 0 Å². The zero-order valence-electron chi connectivity index (χ0n) is 15.8. The maximum Gasteiger partial charge on any atom is 0.330 e. The van der Waals surface area contributed by atoms with Crippen molar-refractivity contribution >= 4 is 10.0 Å². The topological polar surface area (TPSA) is 84.6 Å². The van der Waals surface area contributed by atoms with E-state index < -0.39 is 26.2 Å². The Morgan fingerprint density at radius 2 is 1.68 bits per heavy atom. The standard InChI is InChI=1S/C18H23FN4O4S/c1-20-13-16(17(24)21(2)18(20)25)28(26,27)23-9-3-8-22(10-11-23)12-14-4-6-15(19)7-5-14/h4-7,13H,3,8-12H2,1-2H3. The number of aryl methyl sites for hydroxylation is 1. The first kappa shape index (κ1) is 20.4. The van der Waals surface area contributed by atoms with Crippen molar-refractivity contribution < 1.29 is 12.8 Å². The Hall–Kier alpha value is -2.30. The second kappa shape index (κ2) is 7.98. The first-order valence-corrected chi connectivity index (χ1v) is 10.4. The number of benzene rings is 1. The zero-order valence-corrected chi connectivity index (χ0v) is 16.7. The van der Waals surface area contributed by atoms with Crippen LogP contribution in [0.15, 0.2) is 44.9 Å². The Balaban J connectivity index is 1.79. The molecule has 8 nitrogen and oxygen atoms in total. The Morgan fingerprint density at radius 3 is 2.36 bits per heavy atom. The van der Waals surface area contributed by atoms with Crippen molar-refractivity contribution in [3.8, 4) is 0 Å². The summed E-state index contributed by atoms with van der Waals surface area (Å²) in [5.41, 5.74) is -0.453. The van der Waals surface area contributed by atoms with Crippen LogP contribution in [0.5, 0.6) is 0 Å². The summed E-state index contributed by atoms with van der Waals surface area (Å²) in [5, 5.41) is 0. The van der Waals surface area contributed by atoms with Gasteiger partial charge < -0.3 is 4.57 Å². The van der Waals surface area contributed by atoms with Gasteiger partial charge in [0.1, 0.15) is 5.82 Å². The van der Waals surface area contributed by atoms with Crippen molar-refractivity contribution in [2.75, 3.05) is 26.2 Å². The fourth-order valence-corrected chi connectivity index (χ4v) is 4.90. The molecule has 0 aliphatic carbocycles. The lowest BCUT2D eigenvalue weighted by Gasteiger charge is -2.22. The van der Waals surface area contributed by atoms with Gasteiger partial charge in [0, 0.05) is 46.5 Å². The van der Waals surface area contributed by atoms with Gasteiger partial charge in [-0.2, -0.15) is 4.31 Å². The molecular formula is C18H23FN4O4S. The first-order chi connectivity index (χ1) is 13.2. The third-order valence-electron chi connectivity index (χ3n) is 4.90. The number of nitrogens with zero attached hydrogens (tertiary/aromatic N) is 4. The summed E-state index contributed by atoms with van der Waals surface area (Å²) in [7, 11) is -1.34. The van der Waals surface area contributed by atoms with E-state index >= 15 is 0 Å². The Bertz CT molecular complexity index is 1080. The molecule has 0 radical (unpaired) electrons. The number of sulfonamides is 1. The molecule has 3 rings (SSSR count). The van der Waals surface area contributed by atoms with Crippen LogP contribution in [-0.4, -0.2) is 52.9 Å². The molecule has 10 heteroatoms. The smallest absolute Gasteiger partial charge is 0.302 e. The average Bonchev–Trinajstić information content (AvgIpc) is 2.91. The molecule has 1 aromatic heterocycles. The van der Waals surface area contributed by atoms with Crippen molar-refractivity contribution in [2.45, 2.75) is 17.9 Å². The van der Waals surface area contributed by atoms with Crippen LogP contribution in [0, 0.1) is 5.82 Å². The van der Waals surface area contributed by atoms with E-state index in [2.05, 4.69) is 4.90 Å². The highest BCUT2D eigenvalue weighted by molar-refractivity contribution is 7.89. The van der Waals surface area contributed by atoms with E-state index in [1.54, 1.807) is 12.1 Å². The SMILES string of the molecule is Cn1cc(S(=O)(=O)N2CCCN(Cc3ccc(F)cc3)CC2)c(=O)n(C)c1=O. The first-order valence-electron chi connectivity index (χ1n) is 8.94. The van der Waals surface area contributed by atoms with Crippen LogP contribution in [0.1, 0.15) is 12.0 Å². The van der Waals surface area contributed by atoms with Crippen molar-refractivity contribution in [1.29, 1.82) is 0 Å². The minimum absolute atomic E-state index is 0.232. The van der Waals surface area contributed by atoms with Gasteiger partial charge >= 0.3 is 5.69 Å². The molecule has 1 aliphatic rings. The second-order valence-corrected chi connectivity index (χ2v) is 8.82. The minimum Gasteiger partial charge on any atom is -0.302 e. The van der Waals surface area contributed by atoms with E-state index in [4.69, 9.17) is 0 Å². The summed E-state index contributed by atoms with van der Waals surface area (Å²) in [6.45, 7) is 2.29. The molecule has 1 fully saturated rings. The molecule has 0 N–H and O–H groups in total. The maximum absolute atomic E-state index is 13.1.